The van der Waals surface area contributed by atoms with Gasteiger partial charge in [0.25, 0.3) is 0 Å². The zero-order valence-electron chi connectivity index (χ0n) is 53.2. The molecule has 0 fully saturated rings. The Labute approximate surface area is 535 Å². The quantitative estimate of drug-likeness (QED) is 0.0190. The summed E-state index contributed by atoms with van der Waals surface area (Å²) in [7, 11) is -3.83. The summed E-state index contributed by atoms with van der Waals surface area (Å²) >= 11 is 0. The van der Waals surface area contributed by atoms with Gasteiger partial charge in [-0.05, 0) is 25.7 Å². The Morgan fingerprint density at radius 1 is 0.338 bits per heavy atom. The maximum Gasteiger partial charge on any atom is 1.00 e. The van der Waals surface area contributed by atoms with Gasteiger partial charge in [0, 0.05) is 32.8 Å². The van der Waals surface area contributed by atoms with Gasteiger partial charge in [-0.25, -0.2) is 0 Å². The zero-order chi connectivity index (χ0) is 58.3. The molecule has 0 heterocycles. The van der Waals surface area contributed by atoms with Crippen molar-refractivity contribution in [2.45, 2.75) is 348 Å². The van der Waals surface area contributed by atoms with E-state index < -0.39 is 20.0 Å². The van der Waals surface area contributed by atoms with Gasteiger partial charge in [-0.15, -0.1) is 0 Å². The van der Waals surface area contributed by atoms with E-state index in [9.17, 15) is 43.7 Å². The van der Waals surface area contributed by atoms with E-state index in [0.717, 1.165) is 84.2 Å². The Bertz CT molecular complexity index is 1240. The van der Waals surface area contributed by atoms with Gasteiger partial charge in [0.1, 0.15) is 13.2 Å². The molecule has 0 aliphatic rings. The third-order valence-corrected chi connectivity index (χ3v) is 14.5. The molecule has 80 heavy (non-hydrogen) atoms. The molecule has 2 atom stereocenters. The Hall–Kier alpha value is -0.0900. The smallest absolute Gasteiger partial charge is 0.790 e. The molecule has 0 aromatic heterocycles. The summed E-state index contributed by atoms with van der Waals surface area (Å²) < 4.78 is 33.7. The minimum absolute atomic E-state index is 0. The topological polar surface area (TPSA) is 218 Å². The van der Waals surface area contributed by atoms with Crippen molar-refractivity contribution in [1.82, 2.24) is 0 Å². The van der Waals surface area contributed by atoms with Crippen molar-refractivity contribution < 1.29 is 126 Å². The molecule has 0 spiro atoms. The molecule has 2 unspecified atom stereocenters. The van der Waals surface area contributed by atoms with Crippen molar-refractivity contribution in [2.75, 3.05) is 33.5 Å². The Morgan fingerprint density at radius 3 is 0.662 bits per heavy atom. The predicted octanol–water partition coefficient (Wildman–Crippen LogP) is 10.1. The van der Waals surface area contributed by atoms with Crippen LogP contribution in [0.2, 0.25) is 0 Å². The molecule has 0 saturated heterocycles. The van der Waals surface area contributed by atoms with Gasteiger partial charge in [0.2, 0.25) is 0 Å². The van der Waals surface area contributed by atoms with Crippen LogP contribution in [0.4, 0.5) is 0 Å². The number of phosphoric ester groups is 1. The van der Waals surface area contributed by atoms with Crippen molar-refractivity contribution in [1.29, 1.82) is 0 Å². The first-order chi connectivity index (χ1) is 37.8. The number of esters is 4. The molecule has 0 aliphatic heterocycles. The SMILES string of the molecule is CCCCCCCCCCCCCC(=O)OCC(CO)OC(=O)CCCCCCCCCCCCC.CCCCCCCCCCCCCC(=O)OCC(CO)OC(=O)CCCCCCCCCCCCC.COP(=O)([O-])[O-].[Na+].[Na+]. The number of rotatable bonds is 57. The van der Waals surface area contributed by atoms with Crippen molar-refractivity contribution in [2.24, 2.45) is 0 Å². The van der Waals surface area contributed by atoms with Gasteiger partial charge in [-0.2, -0.15) is 0 Å². The molecule has 466 valence electrons. The third kappa shape index (κ3) is 77.9. The number of aliphatic hydroxyl groups excluding tert-OH is 2. The van der Waals surface area contributed by atoms with Crippen LogP contribution in [0, 0.1) is 0 Å². The van der Waals surface area contributed by atoms with Gasteiger partial charge in [0.15, 0.2) is 12.2 Å². The minimum Gasteiger partial charge on any atom is -0.790 e. The van der Waals surface area contributed by atoms with Crippen LogP contribution in [0.3, 0.4) is 0 Å². The molecule has 0 aromatic carbocycles. The van der Waals surface area contributed by atoms with E-state index in [4.69, 9.17) is 18.9 Å². The van der Waals surface area contributed by atoms with Crippen LogP contribution < -0.4 is 68.9 Å². The second-order valence-corrected chi connectivity index (χ2v) is 23.0. The molecule has 17 heteroatoms. The van der Waals surface area contributed by atoms with Crippen molar-refractivity contribution >= 4 is 31.7 Å². The monoisotopic (exact) mass is 1180 g/mol. The maximum absolute atomic E-state index is 12.0. The van der Waals surface area contributed by atoms with E-state index in [1.807, 2.05) is 0 Å². The van der Waals surface area contributed by atoms with Crippen LogP contribution in [0.1, 0.15) is 336 Å². The second kappa shape index (κ2) is 73.2. The fourth-order valence-electron chi connectivity index (χ4n) is 8.99. The Balaban J connectivity index is -0.000000415. The molecule has 0 aromatic rings. The number of hydrogen-bond acceptors (Lipinski definition) is 14. The molecule has 0 amide bonds. The molecule has 0 radical (unpaired) electrons. The molecule has 0 bridgehead atoms. The van der Waals surface area contributed by atoms with Crippen LogP contribution in [-0.4, -0.2) is 79.8 Å². The number of unbranched alkanes of at least 4 members (excludes halogenated alkanes) is 40. The molecule has 0 saturated carbocycles. The Morgan fingerprint density at radius 2 is 0.500 bits per heavy atom. The van der Waals surface area contributed by atoms with E-state index in [2.05, 4.69) is 32.2 Å². The maximum atomic E-state index is 12.0. The zero-order valence-corrected chi connectivity index (χ0v) is 58.1. The molecule has 0 rings (SSSR count). The van der Waals surface area contributed by atoms with E-state index in [0.29, 0.717) is 25.7 Å². The van der Waals surface area contributed by atoms with Crippen LogP contribution in [-0.2, 0) is 47.2 Å². The third-order valence-electron chi connectivity index (χ3n) is 14.0. The molecular formula is C63H123Na2O14P. The number of carbonyl (C=O) groups is 4. The average molecular weight is 1180 g/mol. The van der Waals surface area contributed by atoms with E-state index >= 15 is 0 Å². The van der Waals surface area contributed by atoms with Gasteiger partial charge >= 0.3 is 83.0 Å². The second-order valence-electron chi connectivity index (χ2n) is 21.7. The first-order valence-corrected chi connectivity index (χ1v) is 33.8. The fraction of sp³-hybridized carbons (Fsp3) is 0.937. The number of aliphatic hydroxyl groups is 2. The van der Waals surface area contributed by atoms with Crippen LogP contribution >= 0.6 is 7.82 Å². The normalized spacial score (nSPS) is 11.7. The molecule has 14 nitrogen and oxygen atoms in total. The number of ether oxygens (including phenoxy) is 4. The summed E-state index contributed by atoms with van der Waals surface area (Å²) in [6, 6.07) is 0. The van der Waals surface area contributed by atoms with Gasteiger partial charge in [-0.1, -0.05) is 285 Å². The first kappa shape index (κ1) is 88.7. The van der Waals surface area contributed by atoms with Crippen molar-refractivity contribution in [3.8, 4) is 0 Å². The minimum atomic E-state index is -4.65. The summed E-state index contributed by atoms with van der Waals surface area (Å²) in [6.07, 6.45) is 54.4. The van der Waals surface area contributed by atoms with Crippen LogP contribution in [0.15, 0.2) is 0 Å². The Kier molecular flexibility index (Phi) is 81.1. The largest absolute Gasteiger partial charge is 1.00 e. The fourth-order valence-corrected chi connectivity index (χ4v) is 8.99. The predicted molar refractivity (Wildman–Crippen MR) is 315 cm³/mol. The first-order valence-electron chi connectivity index (χ1n) is 32.3. The standard InChI is InChI=1S/2C31H60O5.CH5O4P.2Na/c2*1-3-5-7-9-11-13-15-17-19-21-23-25-30(33)35-28-29(27-32)36-31(34)26-24-22-20-18-16-14-12-10-8-6-4-2;1-5-6(2,3)4;;/h2*29,32H,3-28H2,1-2H3;1H3,(H2,2,3,4);;/q;;;2*+1/p-2. The number of hydrogen-bond donors (Lipinski definition) is 2. The van der Waals surface area contributed by atoms with Gasteiger partial charge in [-0.3, -0.25) is 19.2 Å². The molecular weight excluding hydrogens is 1060 g/mol. The average Bonchev–Trinajstić information content (AvgIpc) is 3.42. The molecule has 0 aliphatic carbocycles. The van der Waals surface area contributed by atoms with E-state index in [1.165, 1.54) is 205 Å². The van der Waals surface area contributed by atoms with Crippen LogP contribution in [0.5, 0.6) is 0 Å². The summed E-state index contributed by atoms with van der Waals surface area (Å²) in [4.78, 5) is 66.5. The van der Waals surface area contributed by atoms with Gasteiger partial charge < -0.3 is 48.0 Å². The number of phosphoric acid groups is 1. The molecule has 2 N–H and O–H groups in total. The van der Waals surface area contributed by atoms with Crippen molar-refractivity contribution in [3.63, 3.8) is 0 Å². The summed E-state index contributed by atoms with van der Waals surface area (Å²) in [5, 5.41) is 18.9. The van der Waals surface area contributed by atoms with Gasteiger partial charge in [0.05, 0.1) is 21.0 Å². The summed E-state index contributed by atoms with van der Waals surface area (Å²) in [5.41, 5.74) is 0. The van der Waals surface area contributed by atoms with E-state index in [1.54, 1.807) is 0 Å². The van der Waals surface area contributed by atoms with Crippen LogP contribution in [0.25, 0.3) is 0 Å². The van der Waals surface area contributed by atoms with E-state index in [-0.39, 0.29) is 109 Å². The van der Waals surface area contributed by atoms with Crippen molar-refractivity contribution in [3.05, 3.63) is 0 Å². The number of carbonyl (C=O) groups excluding carboxylic acids is 4. The summed E-state index contributed by atoms with van der Waals surface area (Å²) in [6.45, 7) is 8.22. The summed E-state index contributed by atoms with van der Waals surface area (Å²) in [5.74, 6) is -1.17.